The van der Waals surface area contributed by atoms with E-state index in [2.05, 4.69) is 10.6 Å². The van der Waals surface area contributed by atoms with Crippen LogP contribution in [0.1, 0.15) is 51.9 Å². The molecule has 1 aliphatic heterocycles. The summed E-state index contributed by atoms with van der Waals surface area (Å²) < 4.78 is 4.96. The number of hydrogen-bond acceptors (Lipinski definition) is 4. The van der Waals surface area contributed by atoms with E-state index in [0.29, 0.717) is 32.5 Å². The molecule has 0 bridgehead atoms. The fraction of sp³-hybridized carbons (Fsp3) is 0.812. The molecule has 1 saturated carbocycles. The lowest BCUT2D eigenvalue weighted by Crippen LogP contribution is -2.47. The number of amides is 3. The Morgan fingerprint density at radius 1 is 0.957 bits per heavy atom. The van der Waals surface area contributed by atoms with Crippen LogP contribution in [-0.4, -0.2) is 54.6 Å². The number of hydrogen-bond donors (Lipinski definition) is 2. The second-order valence-electron chi connectivity index (χ2n) is 6.25. The van der Waals surface area contributed by atoms with Gasteiger partial charge in [-0.3, -0.25) is 9.59 Å². The van der Waals surface area contributed by atoms with Crippen molar-refractivity contribution in [1.29, 1.82) is 0 Å². The summed E-state index contributed by atoms with van der Waals surface area (Å²) >= 11 is 0. The van der Waals surface area contributed by atoms with E-state index in [-0.39, 0.29) is 36.4 Å². The Balaban J connectivity index is 1.64. The summed E-state index contributed by atoms with van der Waals surface area (Å²) in [7, 11) is 0. The van der Waals surface area contributed by atoms with Crippen LogP contribution in [0.3, 0.4) is 0 Å². The van der Waals surface area contributed by atoms with Crippen LogP contribution in [0.4, 0.5) is 4.79 Å². The zero-order valence-electron chi connectivity index (χ0n) is 13.8. The average molecular weight is 325 g/mol. The minimum Gasteiger partial charge on any atom is -0.450 e. The van der Waals surface area contributed by atoms with Crippen molar-refractivity contribution in [1.82, 2.24) is 15.5 Å². The van der Waals surface area contributed by atoms with E-state index in [9.17, 15) is 14.4 Å². The highest BCUT2D eigenvalue weighted by atomic mass is 16.6. The maximum absolute atomic E-state index is 11.9. The highest BCUT2D eigenvalue weighted by molar-refractivity contribution is 5.97. The van der Waals surface area contributed by atoms with E-state index in [1.54, 1.807) is 11.8 Å². The Kier molecular flexibility index (Phi) is 6.67. The molecule has 7 nitrogen and oxygen atoms in total. The standard InChI is InChI=1S/C16H27N3O4/c1-2-23-16(22)19-9-7-13(8-10-19)18-15(21)11-14(20)17-12-5-3-4-6-12/h12-13H,2-11H2,1H3,(H,17,20)(H,18,21). The summed E-state index contributed by atoms with van der Waals surface area (Å²) in [5.41, 5.74) is 0. The first-order valence-corrected chi connectivity index (χ1v) is 8.59. The van der Waals surface area contributed by atoms with E-state index in [4.69, 9.17) is 4.74 Å². The Bertz CT molecular complexity index is 427. The van der Waals surface area contributed by atoms with Crippen molar-refractivity contribution in [3.05, 3.63) is 0 Å². The SMILES string of the molecule is CCOC(=O)N1CCC(NC(=O)CC(=O)NC2CCCC2)CC1. The van der Waals surface area contributed by atoms with Crippen molar-refractivity contribution in [3.63, 3.8) is 0 Å². The lowest BCUT2D eigenvalue weighted by molar-refractivity contribution is -0.130. The van der Waals surface area contributed by atoms with Gasteiger partial charge in [0.25, 0.3) is 0 Å². The molecule has 0 spiro atoms. The summed E-state index contributed by atoms with van der Waals surface area (Å²) in [5, 5.41) is 5.80. The van der Waals surface area contributed by atoms with Crippen LogP contribution in [0.5, 0.6) is 0 Å². The van der Waals surface area contributed by atoms with Crippen LogP contribution in [0.2, 0.25) is 0 Å². The quantitative estimate of drug-likeness (QED) is 0.743. The predicted molar refractivity (Wildman–Crippen MR) is 84.8 cm³/mol. The Labute approximate surface area is 137 Å². The number of carbonyl (C=O) groups excluding carboxylic acids is 3. The van der Waals surface area contributed by atoms with Crippen molar-refractivity contribution < 1.29 is 19.1 Å². The first-order chi connectivity index (χ1) is 11.1. The Hall–Kier alpha value is -1.79. The molecule has 0 radical (unpaired) electrons. The highest BCUT2D eigenvalue weighted by Crippen LogP contribution is 2.17. The van der Waals surface area contributed by atoms with E-state index in [0.717, 1.165) is 25.7 Å². The molecule has 2 fully saturated rings. The first kappa shape index (κ1) is 17.6. The molecule has 1 heterocycles. The monoisotopic (exact) mass is 325 g/mol. The fourth-order valence-electron chi connectivity index (χ4n) is 3.19. The van der Waals surface area contributed by atoms with Crippen LogP contribution < -0.4 is 10.6 Å². The minimum absolute atomic E-state index is 0.0208. The summed E-state index contributed by atoms with van der Waals surface area (Å²) in [6, 6.07) is 0.260. The lowest BCUT2D eigenvalue weighted by Gasteiger charge is -2.31. The van der Waals surface area contributed by atoms with Crippen LogP contribution in [-0.2, 0) is 14.3 Å². The molecule has 2 aliphatic rings. The van der Waals surface area contributed by atoms with Gasteiger partial charge in [0.2, 0.25) is 11.8 Å². The fourth-order valence-corrected chi connectivity index (χ4v) is 3.19. The maximum atomic E-state index is 11.9. The molecule has 2 rings (SSSR count). The molecule has 23 heavy (non-hydrogen) atoms. The molecular formula is C16H27N3O4. The van der Waals surface area contributed by atoms with E-state index in [1.807, 2.05) is 0 Å². The third kappa shape index (κ3) is 5.73. The molecular weight excluding hydrogens is 298 g/mol. The van der Waals surface area contributed by atoms with E-state index < -0.39 is 0 Å². The largest absolute Gasteiger partial charge is 0.450 e. The van der Waals surface area contributed by atoms with Crippen LogP contribution in [0.15, 0.2) is 0 Å². The smallest absolute Gasteiger partial charge is 0.409 e. The molecule has 2 N–H and O–H groups in total. The third-order valence-electron chi connectivity index (χ3n) is 4.43. The van der Waals surface area contributed by atoms with Crippen molar-refractivity contribution in [2.24, 2.45) is 0 Å². The lowest BCUT2D eigenvalue weighted by atomic mass is 10.1. The van der Waals surface area contributed by atoms with Gasteiger partial charge in [-0.1, -0.05) is 12.8 Å². The van der Waals surface area contributed by atoms with Crippen molar-refractivity contribution in [2.45, 2.75) is 64.0 Å². The van der Waals surface area contributed by atoms with Crippen molar-refractivity contribution in [2.75, 3.05) is 19.7 Å². The van der Waals surface area contributed by atoms with Gasteiger partial charge in [-0.05, 0) is 32.6 Å². The number of rotatable bonds is 5. The molecule has 0 aromatic heterocycles. The molecule has 1 aliphatic carbocycles. The summed E-state index contributed by atoms with van der Waals surface area (Å²) in [6.07, 6.45) is 5.29. The number of likely N-dealkylation sites (tertiary alicyclic amines) is 1. The van der Waals surface area contributed by atoms with Crippen LogP contribution in [0.25, 0.3) is 0 Å². The number of piperidine rings is 1. The number of ether oxygens (including phenoxy) is 1. The van der Waals surface area contributed by atoms with Crippen LogP contribution in [0, 0.1) is 0 Å². The topological polar surface area (TPSA) is 87.7 Å². The molecule has 7 heteroatoms. The van der Waals surface area contributed by atoms with Gasteiger partial charge in [-0.15, -0.1) is 0 Å². The van der Waals surface area contributed by atoms with Gasteiger partial charge >= 0.3 is 6.09 Å². The summed E-state index contributed by atoms with van der Waals surface area (Å²) in [4.78, 5) is 37.0. The van der Waals surface area contributed by atoms with E-state index in [1.165, 1.54) is 0 Å². The van der Waals surface area contributed by atoms with Gasteiger partial charge < -0.3 is 20.3 Å². The normalized spacial score (nSPS) is 19.4. The van der Waals surface area contributed by atoms with Gasteiger partial charge in [-0.25, -0.2) is 4.79 Å². The van der Waals surface area contributed by atoms with Crippen molar-refractivity contribution in [3.8, 4) is 0 Å². The molecule has 0 unspecified atom stereocenters. The second-order valence-corrected chi connectivity index (χ2v) is 6.25. The molecule has 0 aromatic rings. The molecule has 0 atom stereocenters. The number of nitrogens with one attached hydrogen (secondary N) is 2. The van der Waals surface area contributed by atoms with Gasteiger partial charge in [0, 0.05) is 25.2 Å². The number of carbonyl (C=O) groups is 3. The van der Waals surface area contributed by atoms with E-state index >= 15 is 0 Å². The molecule has 3 amide bonds. The minimum atomic E-state index is -0.298. The Morgan fingerprint density at radius 3 is 2.00 bits per heavy atom. The average Bonchev–Trinajstić information content (AvgIpc) is 3.00. The molecule has 0 aromatic carbocycles. The first-order valence-electron chi connectivity index (χ1n) is 8.59. The van der Waals surface area contributed by atoms with Crippen LogP contribution >= 0.6 is 0 Å². The van der Waals surface area contributed by atoms with Gasteiger partial charge in [-0.2, -0.15) is 0 Å². The van der Waals surface area contributed by atoms with Gasteiger partial charge in [0.15, 0.2) is 0 Å². The Morgan fingerprint density at radius 2 is 1.48 bits per heavy atom. The van der Waals surface area contributed by atoms with Gasteiger partial charge in [0.05, 0.1) is 6.61 Å². The van der Waals surface area contributed by atoms with Crippen molar-refractivity contribution >= 4 is 17.9 Å². The summed E-state index contributed by atoms with van der Waals surface area (Å²) in [5.74, 6) is -0.437. The maximum Gasteiger partial charge on any atom is 0.409 e. The molecule has 1 saturated heterocycles. The molecule has 130 valence electrons. The van der Waals surface area contributed by atoms with Gasteiger partial charge in [0.1, 0.15) is 6.42 Å². The second kappa shape index (κ2) is 8.74. The predicted octanol–water partition coefficient (Wildman–Crippen LogP) is 1.17. The third-order valence-corrected chi connectivity index (χ3v) is 4.43. The number of nitrogens with zero attached hydrogens (tertiary/aromatic N) is 1. The summed E-state index contributed by atoms with van der Waals surface area (Å²) in [6.45, 7) is 3.28. The zero-order chi connectivity index (χ0) is 16.7. The highest BCUT2D eigenvalue weighted by Gasteiger charge is 2.25. The zero-order valence-corrected chi connectivity index (χ0v) is 13.8.